The Kier molecular flexibility index (Phi) is 4.97. The Bertz CT molecular complexity index is 195. The van der Waals surface area contributed by atoms with E-state index in [0.717, 1.165) is 18.9 Å². The zero-order chi connectivity index (χ0) is 10.4. The van der Waals surface area contributed by atoms with Crippen molar-refractivity contribution in [3.05, 3.63) is 0 Å². The van der Waals surface area contributed by atoms with Crippen LogP contribution in [0.4, 0.5) is 0 Å². The van der Waals surface area contributed by atoms with Gasteiger partial charge >= 0.3 is 0 Å². The van der Waals surface area contributed by atoms with Crippen LogP contribution in [0.15, 0.2) is 0 Å². The molecule has 0 radical (unpaired) electrons. The lowest BCUT2D eigenvalue weighted by Gasteiger charge is -2.31. The van der Waals surface area contributed by atoms with Crippen molar-refractivity contribution in [1.82, 2.24) is 4.90 Å². The van der Waals surface area contributed by atoms with Crippen LogP contribution in [0.5, 0.6) is 0 Å². The highest BCUT2D eigenvalue weighted by Gasteiger charge is 2.20. The molecule has 2 nitrogen and oxygen atoms in total. The van der Waals surface area contributed by atoms with E-state index in [9.17, 15) is 0 Å². The van der Waals surface area contributed by atoms with Crippen LogP contribution >= 0.6 is 0 Å². The van der Waals surface area contributed by atoms with Crippen LogP contribution in [0, 0.1) is 23.2 Å². The van der Waals surface area contributed by atoms with E-state index in [-0.39, 0.29) is 5.92 Å². The number of nitrogens with zero attached hydrogens (tertiary/aromatic N) is 2. The first-order valence-electron chi connectivity index (χ1n) is 5.88. The Balaban J connectivity index is 2.27. The summed E-state index contributed by atoms with van der Waals surface area (Å²) >= 11 is 0. The highest BCUT2D eigenvalue weighted by atomic mass is 15.1. The predicted molar refractivity (Wildman–Crippen MR) is 58.8 cm³/mol. The molecule has 1 heterocycles. The van der Waals surface area contributed by atoms with Crippen molar-refractivity contribution < 1.29 is 0 Å². The van der Waals surface area contributed by atoms with Gasteiger partial charge in [-0.3, -0.25) is 0 Å². The SMILES string of the molecule is CCCC(C)CN1CCCC(C#N)C1. The molecule has 80 valence electrons. The molecule has 1 aliphatic rings. The highest BCUT2D eigenvalue weighted by Crippen LogP contribution is 2.17. The lowest BCUT2D eigenvalue weighted by molar-refractivity contribution is 0.173. The minimum absolute atomic E-state index is 0.289. The van der Waals surface area contributed by atoms with E-state index < -0.39 is 0 Å². The van der Waals surface area contributed by atoms with E-state index >= 15 is 0 Å². The summed E-state index contributed by atoms with van der Waals surface area (Å²) in [6, 6.07) is 2.40. The molecule has 0 aromatic heterocycles. The van der Waals surface area contributed by atoms with Gasteiger partial charge in [0.1, 0.15) is 0 Å². The average Bonchev–Trinajstić information content (AvgIpc) is 2.18. The number of hydrogen-bond donors (Lipinski definition) is 0. The summed E-state index contributed by atoms with van der Waals surface area (Å²) in [4.78, 5) is 2.47. The molecule has 2 atom stereocenters. The molecule has 1 saturated heterocycles. The van der Waals surface area contributed by atoms with Crippen molar-refractivity contribution in [3.8, 4) is 6.07 Å². The lowest BCUT2D eigenvalue weighted by Crippen LogP contribution is -2.37. The Labute approximate surface area is 87.9 Å². The van der Waals surface area contributed by atoms with Gasteiger partial charge < -0.3 is 4.90 Å². The molecular weight excluding hydrogens is 172 g/mol. The van der Waals surface area contributed by atoms with Crippen LogP contribution in [-0.2, 0) is 0 Å². The van der Waals surface area contributed by atoms with Gasteiger partial charge in [-0.2, -0.15) is 5.26 Å². The number of hydrogen-bond acceptors (Lipinski definition) is 2. The lowest BCUT2D eigenvalue weighted by atomic mass is 9.97. The summed E-state index contributed by atoms with van der Waals surface area (Å²) < 4.78 is 0. The molecule has 0 amide bonds. The van der Waals surface area contributed by atoms with E-state index in [1.54, 1.807) is 0 Å². The molecule has 2 unspecified atom stereocenters. The van der Waals surface area contributed by atoms with Gasteiger partial charge in [-0.15, -0.1) is 0 Å². The summed E-state index contributed by atoms with van der Waals surface area (Å²) in [5.74, 6) is 1.08. The zero-order valence-electron chi connectivity index (χ0n) is 9.50. The number of likely N-dealkylation sites (tertiary alicyclic amines) is 1. The van der Waals surface area contributed by atoms with Gasteiger partial charge in [0.2, 0.25) is 0 Å². The molecule has 0 saturated carbocycles. The minimum atomic E-state index is 0.289. The van der Waals surface area contributed by atoms with Gasteiger partial charge in [0.25, 0.3) is 0 Å². The van der Waals surface area contributed by atoms with E-state index in [1.807, 2.05) is 0 Å². The van der Waals surface area contributed by atoms with Gasteiger partial charge in [0, 0.05) is 13.1 Å². The van der Waals surface area contributed by atoms with E-state index in [1.165, 1.54) is 32.4 Å². The molecule has 1 aliphatic heterocycles. The fourth-order valence-corrected chi connectivity index (χ4v) is 2.35. The van der Waals surface area contributed by atoms with Crippen molar-refractivity contribution in [2.75, 3.05) is 19.6 Å². The standard InChI is InChI=1S/C12H22N2/c1-3-5-11(2)9-14-7-4-6-12(8-13)10-14/h11-12H,3-7,9-10H2,1-2H3. The van der Waals surface area contributed by atoms with Gasteiger partial charge in [-0.25, -0.2) is 0 Å². The Morgan fingerprint density at radius 3 is 3.00 bits per heavy atom. The molecule has 0 bridgehead atoms. The smallest absolute Gasteiger partial charge is 0.0669 e. The second-order valence-corrected chi connectivity index (χ2v) is 4.62. The molecule has 1 rings (SSSR count). The van der Waals surface area contributed by atoms with Crippen LogP contribution < -0.4 is 0 Å². The summed E-state index contributed by atoms with van der Waals surface area (Å²) in [6.07, 6.45) is 4.90. The third-order valence-corrected chi connectivity index (χ3v) is 3.04. The molecule has 0 N–H and O–H groups in total. The summed E-state index contributed by atoms with van der Waals surface area (Å²) in [7, 11) is 0. The van der Waals surface area contributed by atoms with Gasteiger partial charge in [-0.05, 0) is 31.7 Å². The van der Waals surface area contributed by atoms with E-state index in [0.29, 0.717) is 0 Å². The molecule has 2 heteroatoms. The summed E-state index contributed by atoms with van der Waals surface area (Å²) in [5.41, 5.74) is 0. The van der Waals surface area contributed by atoms with Gasteiger partial charge in [-0.1, -0.05) is 20.3 Å². The van der Waals surface area contributed by atoms with Crippen LogP contribution in [0.3, 0.4) is 0 Å². The Hall–Kier alpha value is -0.550. The Morgan fingerprint density at radius 2 is 2.36 bits per heavy atom. The minimum Gasteiger partial charge on any atom is -0.302 e. The molecule has 1 fully saturated rings. The van der Waals surface area contributed by atoms with Crippen molar-refractivity contribution >= 4 is 0 Å². The fourth-order valence-electron chi connectivity index (χ4n) is 2.35. The molecular formula is C12H22N2. The maximum Gasteiger partial charge on any atom is 0.0669 e. The van der Waals surface area contributed by atoms with Gasteiger partial charge in [0.05, 0.1) is 12.0 Å². The quantitative estimate of drug-likeness (QED) is 0.688. The van der Waals surface area contributed by atoms with Crippen LogP contribution in [0.25, 0.3) is 0 Å². The topological polar surface area (TPSA) is 27.0 Å². The monoisotopic (exact) mass is 194 g/mol. The molecule has 14 heavy (non-hydrogen) atoms. The number of piperidine rings is 1. The van der Waals surface area contributed by atoms with Crippen LogP contribution in [0.1, 0.15) is 39.5 Å². The van der Waals surface area contributed by atoms with Gasteiger partial charge in [0.15, 0.2) is 0 Å². The largest absolute Gasteiger partial charge is 0.302 e. The van der Waals surface area contributed by atoms with Crippen molar-refractivity contribution in [2.24, 2.45) is 11.8 Å². The molecule has 0 aliphatic carbocycles. The van der Waals surface area contributed by atoms with E-state index in [4.69, 9.17) is 5.26 Å². The average molecular weight is 194 g/mol. The van der Waals surface area contributed by atoms with Crippen molar-refractivity contribution in [1.29, 1.82) is 5.26 Å². The van der Waals surface area contributed by atoms with Crippen molar-refractivity contribution in [3.63, 3.8) is 0 Å². The second-order valence-electron chi connectivity index (χ2n) is 4.62. The Morgan fingerprint density at radius 1 is 1.57 bits per heavy atom. The highest BCUT2D eigenvalue weighted by molar-refractivity contribution is 4.88. The predicted octanol–water partition coefficient (Wildman–Crippen LogP) is 2.66. The van der Waals surface area contributed by atoms with E-state index in [2.05, 4.69) is 24.8 Å². The summed E-state index contributed by atoms with van der Waals surface area (Å²) in [6.45, 7) is 7.95. The first-order valence-corrected chi connectivity index (χ1v) is 5.88. The second kappa shape index (κ2) is 6.03. The van der Waals surface area contributed by atoms with Crippen molar-refractivity contribution in [2.45, 2.75) is 39.5 Å². The number of nitriles is 1. The maximum absolute atomic E-state index is 8.87. The van der Waals surface area contributed by atoms with Crippen LogP contribution in [0.2, 0.25) is 0 Å². The third-order valence-electron chi connectivity index (χ3n) is 3.04. The van der Waals surface area contributed by atoms with Crippen LogP contribution in [-0.4, -0.2) is 24.5 Å². The fraction of sp³-hybridized carbons (Fsp3) is 0.917. The molecule has 0 aromatic carbocycles. The number of rotatable bonds is 4. The first kappa shape index (κ1) is 11.5. The zero-order valence-corrected chi connectivity index (χ0v) is 9.50. The molecule has 0 aromatic rings. The summed E-state index contributed by atoms with van der Waals surface area (Å²) in [5, 5.41) is 8.87. The molecule has 0 spiro atoms. The first-order chi connectivity index (χ1) is 6.76. The third kappa shape index (κ3) is 3.67. The normalized spacial score (nSPS) is 25.6. The maximum atomic E-state index is 8.87.